The molecule has 1 saturated heterocycles. The maximum Gasteiger partial charge on any atom is 0.254 e. The smallest absolute Gasteiger partial charge is 0.254 e. The minimum atomic E-state index is -0.0416. The number of aromatic nitrogens is 1. The molecule has 3 rings (SSSR count). The number of fused-ring (bicyclic) bond motifs is 1. The summed E-state index contributed by atoms with van der Waals surface area (Å²) in [5.41, 5.74) is 1.45. The Morgan fingerprint density at radius 2 is 2.10 bits per heavy atom. The molecule has 2 heterocycles. The van der Waals surface area contributed by atoms with E-state index in [1.165, 1.54) is 0 Å². The first-order chi connectivity index (χ1) is 9.75. The van der Waals surface area contributed by atoms with Gasteiger partial charge in [0.15, 0.2) is 0 Å². The van der Waals surface area contributed by atoms with Gasteiger partial charge in [0.2, 0.25) is 5.91 Å². The van der Waals surface area contributed by atoms with Crippen LogP contribution in [0, 0.1) is 0 Å². The lowest BCUT2D eigenvalue weighted by Gasteiger charge is -2.20. The summed E-state index contributed by atoms with van der Waals surface area (Å²) in [5, 5.41) is 3.62. The summed E-state index contributed by atoms with van der Waals surface area (Å²) in [6.45, 7) is 1.51. The Bertz CT molecular complexity index is 664. The number of pyridine rings is 1. The van der Waals surface area contributed by atoms with E-state index in [-0.39, 0.29) is 11.8 Å². The normalized spacial score (nSPS) is 15.8. The molecule has 0 atom stereocenters. The number of nitrogens with zero attached hydrogens (tertiary/aromatic N) is 2. The third kappa shape index (κ3) is 2.34. The van der Waals surface area contributed by atoms with E-state index in [1.807, 2.05) is 30.3 Å². The van der Waals surface area contributed by atoms with Gasteiger partial charge < -0.3 is 10.2 Å². The zero-order valence-corrected chi connectivity index (χ0v) is 11.0. The summed E-state index contributed by atoms with van der Waals surface area (Å²) in [4.78, 5) is 30.0. The van der Waals surface area contributed by atoms with Gasteiger partial charge in [-0.1, -0.05) is 12.1 Å². The number of carbonyl (C=O) groups excluding carboxylic acids is 2. The predicted molar refractivity (Wildman–Crippen MR) is 75.3 cm³/mol. The molecule has 1 aliphatic heterocycles. The predicted octanol–water partition coefficient (Wildman–Crippen LogP) is 1.20. The summed E-state index contributed by atoms with van der Waals surface area (Å²) in [7, 11) is 0. The maximum absolute atomic E-state index is 12.6. The fraction of sp³-hybridized carbons (Fsp3) is 0.267. The number of nitrogens with one attached hydrogen (secondary N) is 1. The van der Waals surface area contributed by atoms with Gasteiger partial charge in [-0.2, -0.15) is 0 Å². The van der Waals surface area contributed by atoms with Crippen LogP contribution < -0.4 is 5.32 Å². The zero-order chi connectivity index (χ0) is 13.9. The average molecular weight is 269 g/mol. The Labute approximate surface area is 116 Å². The van der Waals surface area contributed by atoms with Crippen molar-refractivity contribution in [3.8, 4) is 0 Å². The summed E-state index contributed by atoms with van der Waals surface area (Å²) in [5.74, 6) is -0.0417. The van der Waals surface area contributed by atoms with Crippen molar-refractivity contribution in [1.82, 2.24) is 15.2 Å². The molecule has 20 heavy (non-hydrogen) atoms. The molecule has 1 N–H and O–H groups in total. The summed E-state index contributed by atoms with van der Waals surface area (Å²) < 4.78 is 0. The molecule has 1 fully saturated rings. The monoisotopic (exact) mass is 269 g/mol. The van der Waals surface area contributed by atoms with E-state index in [9.17, 15) is 9.59 Å². The molecule has 0 bridgehead atoms. The van der Waals surface area contributed by atoms with Crippen LogP contribution in [-0.2, 0) is 4.79 Å². The van der Waals surface area contributed by atoms with Gasteiger partial charge in [-0.25, -0.2) is 0 Å². The molecular formula is C15H15N3O2. The molecule has 5 heteroatoms. The van der Waals surface area contributed by atoms with Crippen LogP contribution in [0.2, 0.25) is 0 Å². The van der Waals surface area contributed by atoms with Gasteiger partial charge >= 0.3 is 0 Å². The highest BCUT2D eigenvalue weighted by Gasteiger charge is 2.21. The summed E-state index contributed by atoms with van der Waals surface area (Å²) in [6.07, 6.45) is 2.07. The Morgan fingerprint density at radius 3 is 3.00 bits per heavy atom. The Hall–Kier alpha value is -2.43. The number of hydrogen-bond acceptors (Lipinski definition) is 3. The topological polar surface area (TPSA) is 62.3 Å². The van der Waals surface area contributed by atoms with Crippen LogP contribution in [0.3, 0.4) is 0 Å². The number of rotatable bonds is 1. The van der Waals surface area contributed by atoms with Crippen LogP contribution in [0.25, 0.3) is 10.9 Å². The fourth-order valence-electron chi connectivity index (χ4n) is 2.43. The van der Waals surface area contributed by atoms with Crippen molar-refractivity contribution < 1.29 is 9.59 Å². The molecule has 2 amide bonds. The highest BCUT2D eigenvalue weighted by Crippen LogP contribution is 2.18. The molecule has 0 radical (unpaired) electrons. The van der Waals surface area contributed by atoms with Gasteiger partial charge in [0, 0.05) is 43.2 Å². The van der Waals surface area contributed by atoms with E-state index >= 15 is 0 Å². The van der Waals surface area contributed by atoms with Gasteiger partial charge in [-0.3, -0.25) is 14.6 Å². The van der Waals surface area contributed by atoms with Gasteiger partial charge in [-0.05, 0) is 18.2 Å². The summed E-state index contributed by atoms with van der Waals surface area (Å²) >= 11 is 0. The van der Waals surface area contributed by atoms with Crippen LogP contribution >= 0.6 is 0 Å². The van der Waals surface area contributed by atoms with Crippen molar-refractivity contribution >= 4 is 22.7 Å². The highest BCUT2D eigenvalue weighted by atomic mass is 16.2. The zero-order valence-electron chi connectivity index (χ0n) is 11.0. The molecule has 0 unspecified atom stereocenters. The van der Waals surface area contributed by atoms with E-state index < -0.39 is 0 Å². The third-order valence-corrected chi connectivity index (χ3v) is 3.48. The Morgan fingerprint density at radius 1 is 1.20 bits per heavy atom. The van der Waals surface area contributed by atoms with Crippen LogP contribution in [-0.4, -0.2) is 41.3 Å². The van der Waals surface area contributed by atoms with E-state index in [1.54, 1.807) is 11.1 Å². The second-order valence-electron chi connectivity index (χ2n) is 4.77. The largest absolute Gasteiger partial charge is 0.354 e. The highest BCUT2D eigenvalue weighted by molar-refractivity contribution is 6.06. The van der Waals surface area contributed by atoms with Crippen LogP contribution in [0.15, 0.2) is 36.5 Å². The minimum Gasteiger partial charge on any atom is -0.354 e. The van der Waals surface area contributed by atoms with Crippen molar-refractivity contribution in [2.75, 3.05) is 19.6 Å². The van der Waals surface area contributed by atoms with E-state index in [2.05, 4.69) is 10.3 Å². The van der Waals surface area contributed by atoms with Gasteiger partial charge in [0.25, 0.3) is 5.91 Å². The summed E-state index contributed by atoms with van der Waals surface area (Å²) in [6, 6.07) is 9.26. The Kier molecular flexibility index (Phi) is 3.33. The van der Waals surface area contributed by atoms with Crippen molar-refractivity contribution in [2.45, 2.75) is 6.42 Å². The van der Waals surface area contributed by atoms with Crippen molar-refractivity contribution in [2.24, 2.45) is 0 Å². The van der Waals surface area contributed by atoms with Crippen LogP contribution in [0.1, 0.15) is 16.8 Å². The van der Waals surface area contributed by atoms with E-state index in [4.69, 9.17) is 0 Å². The van der Waals surface area contributed by atoms with Crippen molar-refractivity contribution in [1.29, 1.82) is 0 Å². The molecule has 0 saturated carbocycles. The standard InChI is InChI=1S/C15H15N3O2/c19-14-6-9-18(10-8-17-14)15(20)12-3-1-5-13-11(12)4-2-7-16-13/h1-5,7H,6,8-10H2,(H,17,19). The molecule has 1 aliphatic rings. The van der Waals surface area contributed by atoms with Crippen molar-refractivity contribution in [3.05, 3.63) is 42.1 Å². The van der Waals surface area contributed by atoms with Crippen molar-refractivity contribution in [3.63, 3.8) is 0 Å². The average Bonchev–Trinajstić information content (AvgIpc) is 2.71. The minimum absolute atomic E-state index is 0.000105. The molecule has 0 spiro atoms. The third-order valence-electron chi connectivity index (χ3n) is 3.48. The fourth-order valence-corrected chi connectivity index (χ4v) is 2.43. The molecule has 5 nitrogen and oxygen atoms in total. The number of benzene rings is 1. The molecule has 2 aromatic rings. The first-order valence-electron chi connectivity index (χ1n) is 6.65. The lowest BCUT2D eigenvalue weighted by molar-refractivity contribution is -0.120. The second-order valence-corrected chi connectivity index (χ2v) is 4.77. The first-order valence-corrected chi connectivity index (χ1v) is 6.65. The Balaban J connectivity index is 1.94. The molecule has 102 valence electrons. The lowest BCUT2D eigenvalue weighted by atomic mass is 10.1. The van der Waals surface area contributed by atoms with Crippen LogP contribution in [0.4, 0.5) is 0 Å². The van der Waals surface area contributed by atoms with Crippen LogP contribution in [0.5, 0.6) is 0 Å². The molecule has 0 aliphatic carbocycles. The van der Waals surface area contributed by atoms with E-state index in [0.29, 0.717) is 31.6 Å². The number of amides is 2. The number of hydrogen-bond donors (Lipinski definition) is 1. The molecule has 1 aromatic carbocycles. The number of carbonyl (C=O) groups is 2. The van der Waals surface area contributed by atoms with E-state index in [0.717, 1.165) is 10.9 Å². The molecular weight excluding hydrogens is 254 g/mol. The second kappa shape index (κ2) is 5.28. The lowest BCUT2D eigenvalue weighted by Crippen LogP contribution is -2.34. The first kappa shape index (κ1) is 12.6. The maximum atomic E-state index is 12.6. The van der Waals surface area contributed by atoms with Gasteiger partial charge in [-0.15, -0.1) is 0 Å². The van der Waals surface area contributed by atoms with Gasteiger partial charge in [0.1, 0.15) is 0 Å². The quantitative estimate of drug-likeness (QED) is 0.846. The SMILES string of the molecule is O=C1CCN(C(=O)c2cccc3ncccc23)CCN1. The molecule has 1 aromatic heterocycles. The van der Waals surface area contributed by atoms with Gasteiger partial charge in [0.05, 0.1) is 5.52 Å².